The largest absolute Gasteiger partial charge is 0.506 e. The zero-order chi connectivity index (χ0) is 21.9. The molecule has 31 heavy (non-hydrogen) atoms. The molecule has 0 bridgehead atoms. The number of hydrogen-bond donors (Lipinski definition) is 6. The smallest absolute Gasteiger partial charge is 0.142 e. The fraction of sp³-hybridized carbons (Fsp3) is 0.0400. The van der Waals surface area contributed by atoms with Crippen molar-refractivity contribution in [2.45, 2.75) is 6.42 Å². The van der Waals surface area contributed by atoms with E-state index in [1.54, 1.807) is 0 Å². The van der Waals surface area contributed by atoms with Crippen LogP contribution < -0.4 is 11.5 Å². The SMILES string of the molecule is Nc1c(O)cc(-c2ccc3c(c2-c2cc(O)c(N)c(O)c2)Cc2ccccc2-3)cc1O. The topological polar surface area (TPSA) is 133 Å². The number of aromatic hydroxyl groups is 4. The Morgan fingerprint density at radius 1 is 0.581 bits per heavy atom. The van der Waals surface area contributed by atoms with Gasteiger partial charge in [-0.25, -0.2) is 0 Å². The van der Waals surface area contributed by atoms with Crippen LogP contribution in [0.4, 0.5) is 11.4 Å². The van der Waals surface area contributed by atoms with Crippen LogP contribution in [0.5, 0.6) is 23.0 Å². The molecule has 0 saturated heterocycles. The van der Waals surface area contributed by atoms with Gasteiger partial charge in [0.05, 0.1) is 0 Å². The molecule has 1 aliphatic carbocycles. The molecule has 6 heteroatoms. The van der Waals surface area contributed by atoms with Crippen molar-refractivity contribution in [3.05, 3.63) is 71.8 Å². The first-order chi connectivity index (χ1) is 14.8. The molecule has 0 aromatic heterocycles. The molecule has 1 aliphatic rings. The van der Waals surface area contributed by atoms with E-state index < -0.39 is 0 Å². The molecule has 4 aromatic carbocycles. The molecule has 154 valence electrons. The lowest BCUT2D eigenvalue weighted by Crippen LogP contribution is -1.95. The molecule has 0 aliphatic heterocycles. The lowest BCUT2D eigenvalue weighted by atomic mass is 9.87. The lowest BCUT2D eigenvalue weighted by Gasteiger charge is -2.18. The third-order valence-corrected chi connectivity index (χ3v) is 5.86. The van der Waals surface area contributed by atoms with Gasteiger partial charge in [0, 0.05) is 0 Å². The number of nitrogen functional groups attached to an aromatic ring is 2. The van der Waals surface area contributed by atoms with Gasteiger partial charge in [-0.05, 0) is 75.2 Å². The van der Waals surface area contributed by atoms with Crippen molar-refractivity contribution in [3.63, 3.8) is 0 Å². The zero-order valence-electron chi connectivity index (χ0n) is 16.4. The maximum Gasteiger partial charge on any atom is 0.142 e. The number of hydrogen-bond acceptors (Lipinski definition) is 6. The number of fused-ring (bicyclic) bond motifs is 3. The number of phenolic OH excluding ortho intramolecular Hbond substituents is 4. The van der Waals surface area contributed by atoms with Crippen molar-refractivity contribution in [3.8, 4) is 56.4 Å². The Labute approximate surface area is 178 Å². The first-order valence-electron chi connectivity index (χ1n) is 9.73. The summed E-state index contributed by atoms with van der Waals surface area (Å²) in [5.41, 5.74) is 18.2. The predicted octanol–water partition coefficient (Wildman–Crippen LogP) is 4.58. The summed E-state index contributed by atoms with van der Waals surface area (Å²) in [4.78, 5) is 0. The highest BCUT2D eigenvalue weighted by molar-refractivity contribution is 5.95. The van der Waals surface area contributed by atoms with Crippen LogP contribution >= 0.6 is 0 Å². The minimum atomic E-state index is -0.229. The third-order valence-electron chi connectivity index (χ3n) is 5.86. The van der Waals surface area contributed by atoms with Crippen LogP contribution in [0.25, 0.3) is 33.4 Å². The van der Waals surface area contributed by atoms with Crippen LogP contribution in [0.1, 0.15) is 11.1 Å². The number of rotatable bonds is 2. The molecule has 0 heterocycles. The standard InChI is InChI=1S/C25H20N2O4/c26-24-19(28)8-13(9-20(24)29)16-5-6-17-15-4-2-1-3-12(15)7-18(17)23(16)14-10-21(30)25(27)22(31)11-14/h1-6,8-11,28-31H,7,26-27H2. The summed E-state index contributed by atoms with van der Waals surface area (Å²) in [6.07, 6.45) is 0.660. The molecule has 0 fully saturated rings. The van der Waals surface area contributed by atoms with E-state index in [0.717, 1.165) is 22.3 Å². The molecule has 8 N–H and O–H groups in total. The summed E-state index contributed by atoms with van der Waals surface area (Å²) in [6, 6.07) is 18.0. The predicted molar refractivity (Wildman–Crippen MR) is 121 cm³/mol. The average Bonchev–Trinajstić information content (AvgIpc) is 3.13. The van der Waals surface area contributed by atoms with Crippen molar-refractivity contribution >= 4 is 11.4 Å². The summed E-state index contributed by atoms with van der Waals surface area (Å²) in [5, 5.41) is 40.9. The Balaban J connectivity index is 1.84. The molecular formula is C25H20N2O4. The number of benzene rings is 4. The summed E-state index contributed by atoms with van der Waals surface area (Å²) in [5.74, 6) is -0.908. The second-order valence-corrected chi connectivity index (χ2v) is 7.70. The maximum atomic E-state index is 10.3. The van der Waals surface area contributed by atoms with Gasteiger partial charge in [0.1, 0.15) is 34.4 Å². The Morgan fingerprint density at radius 3 is 1.71 bits per heavy atom. The van der Waals surface area contributed by atoms with Gasteiger partial charge in [0.15, 0.2) is 0 Å². The van der Waals surface area contributed by atoms with Crippen LogP contribution in [-0.4, -0.2) is 20.4 Å². The van der Waals surface area contributed by atoms with Gasteiger partial charge in [-0.1, -0.05) is 36.4 Å². The summed E-state index contributed by atoms with van der Waals surface area (Å²) in [7, 11) is 0. The molecule has 0 spiro atoms. The maximum absolute atomic E-state index is 10.3. The van der Waals surface area contributed by atoms with E-state index >= 15 is 0 Å². The van der Waals surface area contributed by atoms with Crippen molar-refractivity contribution in [2.24, 2.45) is 0 Å². The highest BCUT2D eigenvalue weighted by Crippen LogP contribution is 2.49. The Kier molecular flexibility index (Phi) is 3.98. The van der Waals surface area contributed by atoms with Crippen LogP contribution in [0, 0.1) is 0 Å². The molecule has 5 rings (SSSR count). The molecule has 4 aromatic rings. The number of phenols is 4. The molecule has 0 amide bonds. The van der Waals surface area contributed by atoms with E-state index in [9.17, 15) is 20.4 Å². The molecule has 0 atom stereocenters. The van der Waals surface area contributed by atoms with Gasteiger partial charge < -0.3 is 31.9 Å². The fourth-order valence-electron chi connectivity index (χ4n) is 4.33. The fourth-order valence-corrected chi connectivity index (χ4v) is 4.33. The van der Waals surface area contributed by atoms with E-state index in [1.165, 1.54) is 29.8 Å². The monoisotopic (exact) mass is 412 g/mol. The minimum Gasteiger partial charge on any atom is -0.506 e. The third kappa shape index (κ3) is 2.80. The van der Waals surface area contributed by atoms with Crippen LogP contribution in [0.3, 0.4) is 0 Å². The van der Waals surface area contributed by atoms with Crippen LogP contribution in [0.2, 0.25) is 0 Å². The van der Waals surface area contributed by atoms with Crippen molar-refractivity contribution in [1.29, 1.82) is 0 Å². The quantitative estimate of drug-likeness (QED) is 0.186. The Hall–Kier alpha value is -4.32. The molecule has 6 nitrogen and oxygen atoms in total. The normalized spacial score (nSPS) is 11.9. The highest BCUT2D eigenvalue weighted by Gasteiger charge is 2.25. The lowest BCUT2D eigenvalue weighted by molar-refractivity contribution is 0.454. The van der Waals surface area contributed by atoms with Gasteiger partial charge >= 0.3 is 0 Å². The van der Waals surface area contributed by atoms with E-state index in [1.807, 2.05) is 24.3 Å². The zero-order valence-corrected chi connectivity index (χ0v) is 16.4. The summed E-state index contributed by atoms with van der Waals surface area (Å²) < 4.78 is 0. The summed E-state index contributed by atoms with van der Waals surface area (Å²) in [6.45, 7) is 0. The second-order valence-electron chi connectivity index (χ2n) is 7.70. The second kappa shape index (κ2) is 6.60. The highest BCUT2D eigenvalue weighted by atomic mass is 16.3. The molecule has 0 unspecified atom stereocenters. The van der Waals surface area contributed by atoms with Gasteiger partial charge in [-0.3, -0.25) is 0 Å². The molecular weight excluding hydrogens is 392 g/mol. The number of anilines is 2. The van der Waals surface area contributed by atoms with Crippen molar-refractivity contribution in [1.82, 2.24) is 0 Å². The van der Waals surface area contributed by atoms with Crippen molar-refractivity contribution < 1.29 is 20.4 Å². The number of nitrogens with two attached hydrogens (primary N) is 2. The van der Waals surface area contributed by atoms with Crippen LogP contribution in [0.15, 0.2) is 60.7 Å². The van der Waals surface area contributed by atoms with E-state index in [2.05, 4.69) is 12.1 Å². The van der Waals surface area contributed by atoms with E-state index in [4.69, 9.17) is 11.5 Å². The average molecular weight is 412 g/mol. The Morgan fingerprint density at radius 2 is 1.10 bits per heavy atom. The van der Waals surface area contributed by atoms with Gasteiger partial charge in [0.25, 0.3) is 0 Å². The molecule has 0 saturated carbocycles. The first-order valence-corrected chi connectivity index (χ1v) is 9.73. The Bertz CT molecular complexity index is 1330. The van der Waals surface area contributed by atoms with Gasteiger partial charge in [-0.15, -0.1) is 0 Å². The van der Waals surface area contributed by atoms with E-state index in [-0.39, 0.29) is 34.4 Å². The first kappa shape index (κ1) is 18.7. The minimum absolute atomic E-state index is 0.0936. The van der Waals surface area contributed by atoms with Gasteiger partial charge in [0.2, 0.25) is 0 Å². The van der Waals surface area contributed by atoms with Gasteiger partial charge in [-0.2, -0.15) is 0 Å². The van der Waals surface area contributed by atoms with Crippen molar-refractivity contribution in [2.75, 3.05) is 11.5 Å². The van der Waals surface area contributed by atoms with Crippen LogP contribution in [-0.2, 0) is 6.42 Å². The molecule has 0 radical (unpaired) electrons. The van der Waals surface area contributed by atoms with E-state index in [0.29, 0.717) is 23.1 Å². The summed E-state index contributed by atoms with van der Waals surface area (Å²) >= 11 is 0.